The second kappa shape index (κ2) is 7.22. The highest BCUT2D eigenvalue weighted by Crippen LogP contribution is 2.23. The van der Waals surface area contributed by atoms with E-state index in [2.05, 4.69) is 5.32 Å². The highest BCUT2D eigenvalue weighted by atomic mass is 35.5. The molecule has 6 nitrogen and oxygen atoms in total. The molecule has 1 rings (SSSR count). The summed E-state index contributed by atoms with van der Waals surface area (Å²) in [6.45, 7) is -0.0330. The predicted octanol–water partition coefficient (Wildman–Crippen LogP) is 1.21. The minimum Gasteiger partial charge on any atom is -0.399 e. The summed E-state index contributed by atoms with van der Waals surface area (Å²) in [6.07, 6.45) is 0. The molecule has 7 heteroatoms. The van der Waals surface area contributed by atoms with Crippen LogP contribution in [0.4, 0.5) is 11.4 Å². The van der Waals surface area contributed by atoms with Crippen molar-refractivity contribution in [1.82, 2.24) is 4.90 Å². The monoisotopic (exact) mass is 277 g/mol. The Morgan fingerprint density at radius 2 is 2.00 bits per heavy atom. The molecule has 0 aromatic heterocycles. The number of nitrogens with one attached hydrogen (secondary N) is 1. The molecule has 1 aromatic rings. The maximum absolute atomic E-state index is 11.7. The molecule has 0 aliphatic carbocycles. The number of benzene rings is 1. The fraction of sp³-hybridized carbons (Fsp3) is 0.250. The minimum absolute atomic E-state index is 0.0104. The van der Waals surface area contributed by atoms with Crippen LogP contribution in [-0.2, 0) is 4.79 Å². The lowest BCUT2D eigenvalue weighted by Gasteiger charge is -2.15. The summed E-state index contributed by atoms with van der Waals surface area (Å²) in [7, 11) is 0. The minimum atomic E-state index is -0.350. The number of halogens is 1. The van der Waals surface area contributed by atoms with E-state index in [1.165, 1.54) is 11.0 Å². The molecule has 98 valence electrons. The number of nitriles is 2. The Hall–Kier alpha value is -2.28. The van der Waals surface area contributed by atoms with Crippen LogP contribution in [0.5, 0.6) is 0 Å². The van der Waals surface area contributed by atoms with Gasteiger partial charge in [0.1, 0.15) is 0 Å². The Morgan fingerprint density at radius 3 is 2.53 bits per heavy atom. The number of hydrogen-bond donors (Lipinski definition) is 2. The van der Waals surface area contributed by atoms with Gasteiger partial charge in [-0.05, 0) is 18.2 Å². The van der Waals surface area contributed by atoms with Crippen LogP contribution in [-0.4, -0.2) is 30.4 Å². The van der Waals surface area contributed by atoms with Gasteiger partial charge in [-0.2, -0.15) is 10.5 Å². The van der Waals surface area contributed by atoms with E-state index in [9.17, 15) is 4.79 Å². The molecule has 0 heterocycles. The van der Waals surface area contributed by atoms with Crippen LogP contribution in [0, 0.1) is 22.7 Å². The van der Waals surface area contributed by atoms with E-state index in [1.54, 1.807) is 12.1 Å². The SMILES string of the molecule is N#CCN(CC#N)CC(=O)Nc1ccc(N)cc1Cl. The molecule has 0 aliphatic heterocycles. The van der Waals surface area contributed by atoms with E-state index in [4.69, 9.17) is 27.9 Å². The summed E-state index contributed by atoms with van der Waals surface area (Å²) < 4.78 is 0. The van der Waals surface area contributed by atoms with Gasteiger partial charge < -0.3 is 11.1 Å². The van der Waals surface area contributed by atoms with Gasteiger partial charge in [-0.15, -0.1) is 0 Å². The Balaban J connectivity index is 2.64. The smallest absolute Gasteiger partial charge is 0.238 e. The van der Waals surface area contributed by atoms with Crippen LogP contribution in [0.1, 0.15) is 0 Å². The average molecular weight is 278 g/mol. The number of hydrogen-bond acceptors (Lipinski definition) is 5. The lowest BCUT2D eigenvalue weighted by Crippen LogP contribution is -2.33. The first-order valence-electron chi connectivity index (χ1n) is 5.38. The second-order valence-corrected chi connectivity index (χ2v) is 4.16. The molecule has 0 fully saturated rings. The summed E-state index contributed by atoms with van der Waals surface area (Å²) in [5.74, 6) is -0.350. The molecule has 0 saturated heterocycles. The third kappa shape index (κ3) is 4.84. The number of nitrogens with two attached hydrogens (primary N) is 1. The van der Waals surface area contributed by atoms with Gasteiger partial charge in [0.05, 0.1) is 42.5 Å². The van der Waals surface area contributed by atoms with Gasteiger partial charge in [-0.3, -0.25) is 9.69 Å². The molecular formula is C12H12ClN5O. The molecule has 0 atom stereocenters. The zero-order valence-electron chi connectivity index (χ0n) is 10.1. The molecular weight excluding hydrogens is 266 g/mol. The summed E-state index contributed by atoms with van der Waals surface area (Å²) in [6, 6.07) is 8.52. The summed E-state index contributed by atoms with van der Waals surface area (Å²) in [5, 5.41) is 20.1. The van der Waals surface area contributed by atoms with Crippen LogP contribution in [0.2, 0.25) is 5.02 Å². The summed E-state index contributed by atoms with van der Waals surface area (Å²) in [5.41, 5.74) is 6.48. The summed E-state index contributed by atoms with van der Waals surface area (Å²) >= 11 is 5.92. The molecule has 0 saturated carbocycles. The van der Waals surface area contributed by atoms with Crippen molar-refractivity contribution in [2.45, 2.75) is 0 Å². The van der Waals surface area contributed by atoms with Gasteiger partial charge in [-0.1, -0.05) is 11.6 Å². The largest absolute Gasteiger partial charge is 0.399 e. The van der Waals surface area contributed by atoms with Gasteiger partial charge in [-0.25, -0.2) is 0 Å². The van der Waals surface area contributed by atoms with Crippen molar-refractivity contribution in [2.75, 3.05) is 30.7 Å². The highest BCUT2D eigenvalue weighted by molar-refractivity contribution is 6.34. The van der Waals surface area contributed by atoms with E-state index < -0.39 is 0 Å². The molecule has 0 bridgehead atoms. The van der Waals surface area contributed by atoms with E-state index in [0.29, 0.717) is 16.4 Å². The van der Waals surface area contributed by atoms with Crippen molar-refractivity contribution in [3.63, 3.8) is 0 Å². The average Bonchev–Trinajstić information content (AvgIpc) is 2.33. The van der Waals surface area contributed by atoms with Crippen molar-refractivity contribution in [2.24, 2.45) is 0 Å². The standard InChI is InChI=1S/C12H12ClN5O/c13-10-7-9(16)1-2-11(10)17-12(19)8-18(5-3-14)6-4-15/h1-2,7H,5-6,8,16H2,(H,17,19). The summed E-state index contributed by atoms with van der Waals surface area (Å²) in [4.78, 5) is 13.2. The highest BCUT2D eigenvalue weighted by Gasteiger charge is 2.11. The van der Waals surface area contributed by atoms with Crippen LogP contribution in [0.15, 0.2) is 18.2 Å². The van der Waals surface area contributed by atoms with Crippen molar-refractivity contribution < 1.29 is 4.79 Å². The number of amides is 1. The lowest BCUT2D eigenvalue weighted by atomic mass is 10.3. The first kappa shape index (κ1) is 14.8. The fourth-order valence-electron chi connectivity index (χ4n) is 1.39. The Labute approximate surface area is 116 Å². The zero-order valence-corrected chi connectivity index (χ0v) is 10.8. The number of rotatable bonds is 5. The van der Waals surface area contributed by atoms with E-state index >= 15 is 0 Å². The van der Waals surface area contributed by atoms with E-state index in [-0.39, 0.29) is 25.5 Å². The van der Waals surface area contributed by atoms with Crippen LogP contribution < -0.4 is 11.1 Å². The number of anilines is 2. The molecule has 19 heavy (non-hydrogen) atoms. The molecule has 1 aromatic carbocycles. The first-order valence-corrected chi connectivity index (χ1v) is 5.75. The number of nitrogen functional groups attached to an aromatic ring is 1. The van der Waals surface area contributed by atoms with E-state index in [1.807, 2.05) is 12.1 Å². The van der Waals surface area contributed by atoms with Crippen molar-refractivity contribution >= 4 is 28.9 Å². The second-order valence-electron chi connectivity index (χ2n) is 3.75. The van der Waals surface area contributed by atoms with Gasteiger partial charge >= 0.3 is 0 Å². The number of nitrogens with zero attached hydrogens (tertiary/aromatic N) is 3. The first-order chi connectivity index (χ1) is 9.06. The van der Waals surface area contributed by atoms with Crippen molar-refractivity contribution in [3.05, 3.63) is 23.2 Å². The number of carbonyl (C=O) groups is 1. The number of carbonyl (C=O) groups excluding carboxylic acids is 1. The molecule has 0 unspecified atom stereocenters. The predicted molar refractivity (Wildman–Crippen MR) is 72.2 cm³/mol. The van der Waals surface area contributed by atoms with Crippen LogP contribution in [0.25, 0.3) is 0 Å². The normalized spacial score (nSPS) is 9.68. The zero-order chi connectivity index (χ0) is 14.3. The van der Waals surface area contributed by atoms with Crippen molar-refractivity contribution in [1.29, 1.82) is 10.5 Å². The molecule has 0 radical (unpaired) electrons. The Morgan fingerprint density at radius 1 is 1.37 bits per heavy atom. The van der Waals surface area contributed by atoms with Gasteiger partial charge in [0, 0.05) is 5.69 Å². The van der Waals surface area contributed by atoms with Crippen LogP contribution in [0.3, 0.4) is 0 Å². The third-order valence-corrected chi connectivity index (χ3v) is 2.54. The van der Waals surface area contributed by atoms with Gasteiger partial charge in [0.2, 0.25) is 5.91 Å². The maximum Gasteiger partial charge on any atom is 0.238 e. The van der Waals surface area contributed by atoms with Gasteiger partial charge in [0.15, 0.2) is 0 Å². The molecule has 0 aliphatic rings. The molecule has 3 N–H and O–H groups in total. The Kier molecular flexibility index (Phi) is 5.62. The van der Waals surface area contributed by atoms with E-state index in [0.717, 1.165) is 0 Å². The fourth-order valence-corrected chi connectivity index (χ4v) is 1.63. The lowest BCUT2D eigenvalue weighted by molar-refractivity contribution is -0.117. The van der Waals surface area contributed by atoms with Crippen LogP contribution >= 0.6 is 11.6 Å². The maximum atomic E-state index is 11.7. The Bertz CT molecular complexity index is 530. The third-order valence-electron chi connectivity index (χ3n) is 2.22. The topological polar surface area (TPSA) is 106 Å². The van der Waals surface area contributed by atoms with Crippen molar-refractivity contribution in [3.8, 4) is 12.1 Å². The van der Waals surface area contributed by atoms with Gasteiger partial charge in [0.25, 0.3) is 0 Å². The molecule has 0 spiro atoms. The quantitative estimate of drug-likeness (QED) is 0.621. The molecule has 1 amide bonds.